The van der Waals surface area contributed by atoms with Gasteiger partial charge in [0, 0.05) is 23.6 Å². The largest absolute Gasteiger partial charge is 0.321 e. The normalized spacial score (nSPS) is 12.6. The quantitative estimate of drug-likeness (QED) is 0.413. The van der Waals surface area contributed by atoms with Crippen LogP contribution in [0.15, 0.2) is 47.3 Å². The summed E-state index contributed by atoms with van der Waals surface area (Å²) in [5, 5.41) is 0.212. The standard InChI is InChI=1S/C23H31ClN2OS/c1-6-28-26(5)16-8-7-9-19(21-15-14-20(24)22(27)25-21)17-10-12-18(13-11-17)23(2,3)4/h9-15H,6-8,16H2,1-5H3,(H,25,27)/b19-9+. The van der Waals surface area contributed by atoms with Crippen LogP contribution in [-0.2, 0) is 5.41 Å². The molecule has 0 fully saturated rings. The Kier molecular flexibility index (Phi) is 8.41. The van der Waals surface area contributed by atoms with E-state index in [1.54, 1.807) is 6.07 Å². The van der Waals surface area contributed by atoms with Gasteiger partial charge >= 0.3 is 0 Å². The van der Waals surface area contributed by atoms with Gasteiger partial charge < -0.3 is 4.98 Å². The number of allylic oxidation sites excluding steroid dienone is 1. The van der Waals surface area contributed by atoms with E-state index in [0.29, 0.717) is 0 Å². The van der Waals surface area contributed by atoms with Crippen LogP contribution in [0.4, 0.5) is 0 Å². The lowest BCUT2D eigenvalue weighted by molar-refractivity contribution is 0.546. The minimum absolute atomic E-state index is 0.110. The summed E-state index contributed by atoms with van der Waals surface area (Å²) in [7, 11) is 2.13. The number of benzene rings is 1. The number of hydrogen-bond donors (Lipinski definition) is 1. The van der Waals surface area contributed by atoms with Crippen LogP contribution in [0.2, 0.25) is 5.02 Å². The number of unbranched alkanes of at least 4 members (excludes halogenated alkanes) is 1. The van der Waals surface area contributed by atoms with Gasteiger partial charge in [-0.1, -0.05) is 81.6 Å². The van der Waals surface area contributed by atoms with Gasteiger partial charge in [0.2, 0.25) is 0 Å². The van der Waals surface area contributed by atoms with E-state index in [9.17, 15) is 4.79 Å². The molecule has 2 rings (SSSR count). The van der Waals surface area contributed by atoms with E-state index < -0.39 is 0 Å². The first-order chi connectivity index (χ1) is 13.2. The Morgan fingerprint density at radius 1 is 1.18 bits per heavy atom. The molecule has 0 saturated carbocycles. The van der Waals surface area contributed by atoms with Crippen LogP contribution in [-0.4, -0.2) is 28.6 Å². The third-order valence-corrected chi connectivity index (χ3v) is 5.77. The molecule has 0 radical (unpaired) electrons. The van der Waals surface area contributed by atoms with Gasteiger partial charge in [-0.05, 0) is 48.6 Å². The zero-order chi connectivity index (χ0) is 20.7. The number of H-pyrrole nitrogens is 1. The summed E-state index contributed by atoms with van der Waals surface area (Å²) >= 11 is 7.76. The molecule has 0 aliphatic heterocycles. The number of aromatic amines is 1. The van der Waals surface area contributed by atoms with Crippen molar-refractivity contribution < 1.29 is 0 Å². The molecule has 152 valence electrons. The summed E-state index contributed by atoms with van der Waals surface area (Å²) in [4.78, 5) is 14.9. The Hall–Kier alpha value is -1.49. The van der Waals surface area contributed by atoms with Crippen molar-refractivity contribution in [2.24, 2.45) is 0 Å². The van der Waals surface area contributed by atoms with Crippen molar-refractivity contribution in [1.29, 1.82) is 0 Å². The molecule has 0 aliphatic rings. The molecule has 2 aromatic rings. The maximum absolute atomic E-state index is 12.0. The van der Waals surface area contributed by atoms with Crippen molar-refractivity contribution in [3.05, 3.63) is 74.7 Å². The van der Waals surface area contributed by atoms with Crippen LogP contribution in [0.3, 0.4) is 0 Å². The highest BCUT2D eigenvalue weighted by Gasteiger charge is 2.14. The zero-order valence-corrected chi connectivity index (χ0v) is 19.1. The molecule has 0 unspecified atom stereocenters. The molecule has 1 heterocycles. The van der Waals surface area contributed by atoms with Crippen molar-refractivity contribution in [3.8, 4) is 0 Å². The van der Waals surface area contributed by atoms with Gasteiger partial charge in [-0.15, -0.1) is 0 Å². The number of hydrogen-bond acceptors (Lipinski definition) is 3. The Bertz CT molecular complexity index is 850. The highest BCUT2D eigenvalue weighted by molar-refractivity contribution is 7.96. The van der Waals surface area contributed by atoms with Gasteiger partial charge in [0.05, 0.1) is 0 Å². The minimum atomic E-state index is -0.254. The van der Waals surface area contributed by atoms with E-state index >= 15 is 0 Å². The van der Waals surface area contributed by atoms with E-state index in [2.05, 4.69) is 74.4 Å². The Morgan fingerprint density at radius 3 is 2.43 bits per heavy atom. The van der Waals surface area contributed by atoms with E-state index in [1.165, 1.54) is 5.56 Å². The topological polar surface area (TPSA) is 36.1 Å². The average molecular weight is 419 g/mol. The van der Waals surface area contributed by atoms with Gasteiger partial charge in [0.1, 0.15) is 5.02 Å². The summed E-state index contributed by atoms with van der Waals surface area (Å²) < 4.78 is 2.27. The highest BCUT2D eigenvalue weighted by atomic mass is 35.5. The maximum atomic E-state index is 12.0. The van der Waals surface area contributed by atoms with E-state index in [-0.39, 0.29) is 16.0 Å². The van der Waals surface area contributed by atoms with Crippen molar-refractivity contribution in [2.45, 2.75) is 46.0 Å². The monoisotopic (exact) mass is 418 g/mol. The molecule has 3 nitrogen and oxygen atoms in total. The van der Waals surface area contributed by atoms with Gasteiger partial charge in [-0.2, -0.15) is 0 Å². The lowest BCUT2D eigenvalue weighted by Gasteiger charge is -2.19. The fourth-order valence-corrected chi connectivity index (χ4v) is 3.80. The van der Waals surface area contributed by atoms with Crippen LogP contribution >= 0.6 is 23.5 Å². The molecule has 0 saturated heterocycles. The molecule has 1 aromatic heterocycles. The number of aromatic nitrogens is 1. The second kappa shape index (κ2) is 10.3. The third-order valence-electron chi connectivity index (χ3n) is 4.59. The summed E-state index contributed by atoms with van der Waals surface area (Å²) in [6.07, 6.45) is 4.22. The van der Waals surface area contributed by atoms with Crippen LogP contribution in [0.5, 0.6) is 0 Å². The average Bonchev–Trinajstić information content (AvgIpc) is 2.64. The van der Waals surface area contributed by atoms with Crippen LogP contribution in [0, 0.1) is 0 Å². The van der Waals surface area contributed by atoms with Crippen LogP contribution < -0.4 is 5.56 Å². The lowest BCUT2D eigenvalue weighted by Crippen LogP contribution is -2.11. The molecule has 0 atom stereocenters. The number of nitrogens with one attached hydrogen (secondary N) is 1. The fourth-order valence-electron chi connectivity index (χ4n) is 2.99. The molecule has 5 heteroatoms. The summed E-state index contributed by atoms with van der Waals surface area (Å²) in [6.45, 7) is 9.82. The SMILES string of the molecule is CCSN(C)CCC/C=C(\c1ccc(C(C)(C)C)cc1)c1ccc(Cl)c(=O)[nH]1. The van der Waals surface area contributed by atoms with Crippen molar-refractivity contribution in [2.75, 3.05) is 19.3 Å². The van der Waals surface area contributed by atoms with Gasteiger partial charge in [0.15, 0.2) is 0 Å². The summed E-state index contributed by atoms with van der Waals surface area (Å²) in [5.41, 5.74) is 4.09. The Balaban J connectivity index is 2.29. The molecule has 1 N–H and O–H groups in total. The molecule has 1 aromatic carbocycles. The van der Waals surface area contributed by atoms with Crippen molar-refractivity contribution in [3.63, 3.8) is 0 Å². The highest BCUT2D eigenvalue weighted by Crippen LogP contribution is 2.27. The molecule has 0 aliphatic carbocycles. The predicted octanol–water partition coefficient (Wildman–Crippen LogP) is 6.14. The second-order valence-corrected chi connectivity index (χ2v) is 9.77. The van der Waals surface area contributed by atoms with Crippen molar-refractivity contribution >= 4 is 29.1 Å². The molecule has 0 bridgehead atoms. The van der Waals surface area contributed by atoms with Gasteiger partial charge in [-0.3, -0.25) is 9.10 Å². The van der Waals surface area contributed by atoms with Crippen LogP contribution in [0.25, 0.3) is 5.57 Å². The zero-order valence-electron chi connectivity index (χ0n) is 17.5. The molecule has 0 spiro atoms. The Morgan fingerprint density at radius 2 is 1.86 bits per heavy atom. The first-order valence-electron chi connectivity index (χ1n) is 9.76. The molecule has 28 heavy (non-hydrogen) atoms. The minimum Gasteiger partial charge on any atom is -0.321 e. The second-order valence-electron chi connectivity index (χ2n) is 7.91. The van der Waals surface area contributed by atoms with E-state index in [1.807, 2.05) is 18.0 Å². The molecular formula is C23H31ClN2OS. The van der Waals surface area contributed by atoms with Gasteiger partial charge in [-0.25, -0.2) is 0 Å². The smallest absolute Gasteiger partial charge is 0.267 e. The first kappa shape index (κ1) is 22.8. The molecule has 0 amide bonds. The van der Waals surface area contributed by atoms with E-state index in [4.69, 9.17) is 11.6 Å². The van der Waals surface area contributed by atoms with Gasteiger partial charge in [0.25, 0.3) is 5.56 Å². The lowest BCUT2D eigenvalue weighted by atomic mass is 9.86. The predicted molar refractivity (Wildman–Crippen MR) is 124 cm³/mol. The summed E-state index contributed by atoms with van der Waals surface area (Å²) in [6, 6.07) is 12.2. The number of nitrogens with zero attached hydrogens (tertiary/aromatic N) is 1. The van der Waals surface area contributed by atoms with Crippen LogP contribution in [0.1, 0.15) is 57.4 Å². The Labute approximate surface area is 178 Å². The maximum Gasteiger partial charge on any atom is 0.267 e. The molecular weight excluding hydrogens is 388 g/mol. The third kappa shape index (κ3) is 6.54. The fraction of sp³-hybridized carbons (Fsp3) is 0.435. The first-order valence-corrected chi connectivity index (χ1v) is 11.1. The van der Waals surface area contributed by atoms with E-state index in [0.717, 1.165) is 42.0 Å². The van der Waals surface area contributed by atoms with Crippen molar-refractivity contribution in [1.82, 2.24) is 9.29 Å². The number of pyridine rings is 1. The number of rotatable bonds is 8. The summed E-state index contributed by atoms with van der Waals surface area (Å²) in [5.74, 6) is 1.09. The number of halogens is 1.